The summed E-state index contributed by atoms with van der Waals surface area (Å²) < 4.78 is 5.87. The van der Waals surface area contributed by atoms with Crippen molar-refractivity contribution in [3.05, 3.63) is 0 Å². The number of ether oxygens (including phenoxy) is 1. The van der Waals surface area contributed by atoms with E-state index >= 15 is 0 Å². The first-order valence-corrected chi connectivity index (χ1v) is 6.41. The molecule has 1 aliphatic heterocycles. The number of aliphatic carboxylic acids is 1. The van der Waals surface area contributed by atoms with Crippen LogP contribution in [0.5, 0.6) is 0 Å². The first kappa shape index (κ1) is 11.9. The van der Waals surface area contributed by atoms with Gasteiger partial charge in [0, 0.05) is 6.61 Å². The van der Waals surface area contributed by atoms with Crippen molar-refractivity contribution in [3.8, 4) is 0 Å². The highest BCUT2D eigenvalue weighted by Crippen LogP contribution is 2.46. The predicted molar refractivity (Wildman–Crippen MR) is 61.2 cm³/mol. The Bertz CT molecular complexity index is 270. The summed E-state index contributed by atoms with van der Waals surface area (Å²) in [4.78, 5) is 11.0. The second-order valence-electron chi connectivity index (χ2n) is 5.62. The zero-order valence-electron chi connectivity index (χ0n) is 10.2. The van der Waals surface area contributed by atoms with Gasteiger partial charge in [0.15, 0.2) is 0 Å². The monoisotopic (exact) mass is 226 g/mol. The Morgan fingerprint density at radius 3 is 2.62 bits per heavy atom. The molecule has 2 aliphatic rings. The third-order valence-corrected chi connectivity index (χ3v) is 4.72. The largest absolute Gasteiger partial charge is 0.481 e. The average Bonchev–Trinajstić information content (AvgIpc) is 2.25. The molecule has 3 atom stereocenters. The normalized spacial score (nSPS) is 31.8. The van der Waals surface area contributed by atoms with Crippen LogP contribution < -0.4 is 0 Å². The Balaban J connectivity index is 1.96. The maximum atomic E-state index is 11.0. The molecule has 1 saturated carbocycles. The molecule has 0 bridgehead atoms. The lowest BCUT2D eigenvalue weighted by atomic mass is 9.67. The van der Waals surface area contributed by atoms with Gasteiger partial charge < -0.3 is 9.84 Å². The van der Waals surface area contributed by atoms with Crippen molar-refractivity contribution >= 4 is 5.97 Å². The zero-order chi connectivity index (χ0) is 11.8. The molecule has 0 aromatic heterocycles. The molecular formula is C13H22O3. The molecule has 3 nitrogen and oxygen atoms in total. The van der Waals surface area contributed by atoms with Crippen molar-refractivity contribution in [2.45, 2.75) is 51.6 Å². The number of hydrogen-bond acceptors (Lipinski definition) is 2. The Kier molecular flexibility index (Phi) is 3.24. The molecule has 0 aromatic carbocycles. The van der Waals surface area contributed by atoms with Crippen molar-refractivity contribution < 1.29 is 14.6 Å². The van der Waals surface area contributed by atoms with Crippen LogP contribution in [-0.2, 0) is 9.53 Å². The van der Waals surface area contributed by atoms with Crippen LogP contribution in [0.25, 0.3) is 0 Å². The molecule has 0 aromatic rings. The van der Waals surface area contributed by atoms with Crippen molar-refractivity contribution in [3.63, 3.8) is 0 Å². The first-order chi connectivity index (χ1) is 7.54. The molecule has 0 amide bonds. The number of rotatable bonds is 3. The molecule has 2 rings (SSSR count). The molecular weight excluding hydrogens is 204 g/mol. The molecule has 1 N–H and O–H groups in total. The quantitative estimate of drug-likeness (QED) is 0.804. The van der Waals surface area contributed by atoms with E-state index in [4.69, 9.17) is 9.84 Å². The fourth-order valence-electron chi connectivity index (χ4n) is 3.07. The van der Waals surface area contributed by atoms with Crippen molar-refractivity contribution in [1.82, 2.24) is 0 Å². The summed E-state index contributed by atoms with van der Waals surface area (Å²) in [5.41, 5.74) is 0.134. The average molecular weight is 226 g/mol. The standard InChI is InChI=1S/C13H22O3/c1-9(10(2)12(14)15)11-4-7-16-13(8-11)5-3-6-13/h9-11H,3-8H2,1-2H3,(H,14,15). The van der Waals surface area contributed by atoms with Crippen molar-refractivity contribution in [1.29, 1.82) is 0 Å². The fraction of sp³-hybridized carbons (Fsp3) is 0.923. The van der Waals surface area contributed by atoms with E-state index in [2.05, 4.69) is 6.92 Å². The molecule has 1 aliphatic carbocycles. The summed E-state index contributed by atoms with van der Waals surface area (Å²) in [6, 6.07) is 0. The topological polar surface area (TPSA) is 46.5 Å². The third-order valence-electron chi connectivity index (χ3n) is 4.72. The number of hydrogen-bond donors (Lipinski definition) is 1. The van der Waals surface area contributed by atoms with E-state index in [9.17, 15) is 4.79 Å². The molecule has 1 saturated heterocycles. The van der Waals surface area contributed by atoms with Gasteiger partial charge in [-0.2, -0.15) is 0 Å². The van der Waals surface area contributed by atoms with Crippen LogP contribution >= 0.6 is 0 Å². The maximum absolute atomic E-state index is 11.0. The summed E-state index contributed by atoms with van der Waals surface area (Å²) in [5.74, 6) is -0.110. The van der Waals surface area contributed by atoms with E-state index in [1.165, 1.54) is 19.3 Å². The van der Waals surface area contributed by atoms with Crippen LogP contribution in [0.15, 0.2) is 0 Å². The predicted octanol–water partition coefficient (Wildman–Crippen LogP) is 2.69. The van der Waals surface area contributed by atoms with Crippen LogP contribution in [0.4, 0.5) is 0 Å². The van der Waals surface area contributed by atoms with Crippen LogP contribution in [0.2, 0.25) is 0 Å². The highest BCUT2D eigenvalue weighted by Gasteiger charge is 2.44. The van der Waals surface area contributed by atoms with Gasteiger partial charge in [-0.1, -0.05) is 13.8 Å². The smallest absolute Gasteiger partial charge is 0.306 e. The molecule has 3 heteroatoms. The van der Waals surface area contributed by atoms with Gasteiger partial charge >= 0.3 is 5.97 Å². The summed E-state index contributed by atoms with van der Waals surface area (Å²) in [5, 5.41) is 9.05. The fourth-order valence-corrected chi connectivity index (χ4v) is 3.07. The lowest BCUT2D eigenvalue weighted by Gasteiger charge is -2.48. The van der Waals surface area contributed by atoms with E-state index in [1.807, 2.05) is 6.92 Å². The molecule has 92 valence electrons. The van der Waals surface area contributed by atoms with E-state index in [1.54, 1.807) is 0 Å². The second kappa shape index (κ2) is 4.36. The number of carboxylic acids is 1. The lowest BCUT2D eigenvalue weighted by Crippen LogP contribution is -2.47. The van der Waals surface area contributed by atoms with Gasteiger partial charge in [0.25, 0.3) is 0 Å². The van der Waals surface area contributed by atoms with Crippen LogP contribution in [-0.4, -0.2) is 23.3 Å². The number of carboxylic acid groups (broad SMARTS) is 1. The van der Waals surface area contributed by atoms with E-state index in [0.29, 0.717) is 5.92 Å². The second-order valence-corrected chi connectivity index (χ2v) is 5.62. The first-order valence-electron chi connectivity index (χ1n) is 6.41. The van der Waals surface area contributed by atoms with Gasteiger partial charge in [-0.05, 0) is 43.9 Å². The van der Waals surface area contributed by atoms with Crippen molar-refractivity contribution in [2.75, 3.05) is 6.61 Å². The van der Waals surface area contributed by atoms with Gasteiger partial charge in [-0.25, -0.2) is 0 Å². The maximum Gasteiger partial charge on any atom is 0.306 e. The molecule has 1 heterocycles. The van der Waals surface area contributed by atoms with E-state index in [-0.39, 0.29) is 17.4 Å². The lowest BCUT2D eigenvalue weighted by molar-refractivity contribution is -0.158. The summed E-state index contributed by atoms with van der Waals surface area (Å²) in [7, 11) is 0. The Morgan fingerprint density at radius 1 is 1.44 bits per heavy atom. The van der Waals surface area contributed by atoms with Gasteiger partial charge in [0.05, 0.1) is 11.5 Å². The van der Waals surface area contributed by atoms with Gasteiger partial charge in [0.1, 0.15) is 0 Å². The zero-order valence-corrected chi connectivity index (χ0v) is 10.2. The Labute approximate surface area is 97.2 Å². The minimum Gasteiger partial charge on any atom is -0.481 e. The van der Waals surface area contributed by atoms with Crippen molar-refractivity contribution in [2.24, 2.45) is 17.8 Å². The Morgan fingerprint density at radius 2 is 2.12 bits per heavy atom. The van der Waals surface area contributed by atoms with Crippen LogP contribution in [0.1, 0.15) is 46.0 Å². The highest BCUT2D eigenvalue weighted by atomic mass is 16.5. The molecule has 16 heavy (non-hydrogen) atoms. The van der Waals surface area contributed by atoms with E-state index in [0.717, 1.165) is 19.4 Å². The highest BCUT2D eigenvalue weighted by molar-refractivity contribution is 5.69. The summed E-state index contributed by atoms with van der Waals surface area (Å²) in [6.07, 6.45) is 5.73. The van der Waals surface area contributed by atoms with Crippen LogP contribution in [0.3, 0.4) is 0 Å². The molecule has 3 unspecified atom stereocenters. The minimum absolute atomic E-state index is 0.134. The number of carbonyl (C=O) groups is 1. The van der Waals surface area contributed by atoms with E-state index < -0.39 is 5.97 Å². The van der Waals surface area contributed by atoms with Gasteiger partial charge in [-0.15, -0.1) is 0 Å². The SMILES string of the molecule is CC(C(=O)O)C(C)C1CCOC2(CCC2)C1. The Hall–Kier alpha value is -0.570. The van der Waals surface area contributed by atoms with Crippen LogP contribution in [0, 0.1) is 17.8 Å². The summed E-state index contributed by atoms with van der Waals surface area (Å²) >= 11 is 0. The molecule has 1 spiro atoms. The van der Waals surface area contributed by atoms with Gasteiger partial charge in [-0.3, -0.25) is 4.79 Å². The molecule has 2 fully saturated rings. The van der Waals surface area contributed by atoms with Gasteiger partial charge in [0.2, 0.25) is 0 Å². The molecule has 0 radical (unpaired) electrons. The summed E-state index contributed by atoms with van der Waals surface area (Å²) in [6.45, 7) is 4.73. The third kappa shape index (κ3) is 2.10. The minimum atomic E-state index is -0.665.